The number of rotatable bonds is 3. The van der Waals surface area contributed by atoms with E-state index in [1.54, 1.807) is 6.92 Å². The van der Waals surface area contributed by atoms with Gasteiger partial charge < -0.3 is 15.4 Å². The summed E-state index contributed by atoms with van der Waals surface area (Å²) < 4.78 is 5.44. The minimum absolute atomic E-state index is 0.123. The van der Waals surface area contributed by atoms with Crippen LogP contribution in [0.15, 0.2) is 18.2 Å². The highest BCUT2D eigenvalue weighted by atomic mass is 35.5. The summed E-state index contributed by atoms with van der Waals surface area (Å²) in [5, 5.41) is 5.92. The zero-order valence-corrected chi connectivity index (χ0v) is 9.67. The van der Waals surface area contributed by atoms with Gasteiger partial charge >= 0.3 is 0 Å². The number of hydrogen-bond acceptors (Lipinski definition) is 3. The molecule has 5 heteroatoms. The standard InChI is InChI=1S/C11H13ClN2O2/c1-7-11(15)14-9-6-8(13-5-4-12)2-3-10(9)16-7/h2-3,6-7,13H,4-5H2,1H3,(H,14,15). The van der Waals surface area contributed by atoms with Crippen LogP contribution in [-0.2, 0) is 4.79 Å². The Balaban J connectivity index is 2.19. The Labute approximate surface area is 98.9 Å². The second-order valence-corrected chi connectivity index (χ2v) is 3.95. The first-order valence-electron chi connectivity index (χ1n) is 5.12. The summed E-state index contributed by atoms with van der Waals surface area (Å²) in [6.07, 6.45) is -0.436. The molecule has 2 N–H and O–H groups in total. The van der Waals surface area contributed by atoms with E-state index in [0.29, 0.717) is 23.9 Å². The van der Waals surface area contributed by atoms with Crippen molar-refractivity contribution in [3.8, 4) is 5.75 Å². The molecule has 0 fully saturated rings. The van der Waals surface area contributed by atoms with Gasteiger partial charge in [-0.1, -0.05) is 0 Å². The van der Waals surface area contributed by atoms with Crippen LogP contribution in [0, 0.1) is 0 Å². The van der Waals surface area contributed by atoms with Gasteiger partial charge in [0.15, 0.2) is 6.10 Å². The van der Waals surface area contributed by atoms with Crippen molar-refractivity contribution in [2.45, 2.75) is 13.0 Å². The highest BCUT2D eigenvalue weighted by molar-refractivity contribution is 6.18. The van der Waals surface area contributed by atoms with E-state index < -0.39 is 6.10 Å². The van der Waals surface area contributed by atoms with E-state index >= 15 is 0 Å². The largest absolute Gasteiger partial charge is 0.479 e. The van der Waals surface area contributed by atoms with E-state index in [0.717, 1.165) is 5.69 Å². The molecule has 0 radical (unpaired) electrons. The molecule has 1 unspecified atom stereocenters. The van der Waals surface area contributed by atoms with Crippen molar-refractivity contribution >= 4 is 28.9 Å². The van der Waals surface area contributed by atoms with Gasteiger partial charge in [-0.2, -0.15) is 0 Å². The topological polar surface area (TPSA) is 50.4 Å². The van der Waals surface area contributed by atoms with Crippen molar-refractivity contribution in [1.29, 1.82) is 0 Å². The molecule has 0 aliphatic carbocycles. The van der Waals surface area contributed by atoms with Crippen LogP contribution in [0.1, 0.15) is 6.92 Å². The number of halogens is 1. The average molecular weight is 241 g/mol. The molecule has 1 heterocycles. The first-order valence-corrected chi connectivity index (χ1v) is 5.65. The summed E-state index contributed by atoms with van der Waals surface area (Å²) in [6.45, 7) is 2.41. The van der Waals surface area contributed by atoms with Gasteiger partial charge in [-0.3, -0.25) is 4.79 Å². The van der Waals surface area contributed by atoms with Gasteiger partial charge in [0.2, 0.25) is 0 Å². The fourth-order valence-corrected chi connectivity index (χ4v) is 1.60. The average Bonchev–Trinajstić information content (AvgIpc) is 2.28. The number of nitrogens with one attached hydrogen (secondary N) is 2. The molecule has 86 valence electrons. The summed E-state index contributed by atoms with van der Waals surface area (Å²) in [5.74, 6) is 1.11. The lowest BCUT2D eigenvalue weighted by Crippen LogP contribution is -2.34. The molecular weight excluding hydrogens is 228 g/mol. The molecule has 1 atom stereocenters. The number of carbonyl (C=O) groups excluding carboxylic acids is 1. The molecular formula is C11H13ClN2O2. The van der Waals surface area contributed by atoms with Crippen LogP contribution in [0.25, 0.3) is 0 Å². The molecule has 16 heavy (non-hydrogen) atoms. The summed E-state index contributed by atoms with van der Waals surface area (Å²) in [6, 6.07) is 5.57. The zero-order chi connectivity index (χ0) is 11.5. The van der Waals surface area contributed by atoms with Gasteiger partial charge in [-0.25, -0.2) is 0 Å². The first-order chi connectivity index (χ1) is 7.70. The summed E-state index contributed by atoms with van der Waals surface area (Å²) in [7, 11) is 0. The lowest BCUT2D eigenvalue weighted by atomic mass is 10.2. The van der Waals surface area contributed by atoms with Crippen LogP contribution >= 0.6 is 11.6 Å². The molecule has 1 aromatic rings. The minimum Gasteiger partial charge on any atom is -0.479 e. The second kappa shape index (κ2) is 4.61. The molecule has 0 bridgehead atoms. The zero-order valence-electron chi connectivity index (χ0n) is 8.92. The predicted octanol–water partition coefficient (Wildman–Crippen LogP) is 2.06. The van der Waals surface area contributed by atoms with E-state index in [1.807, 2.05) is 18.2 Å². The van der Waals surface area contributed by atoms with Crippen LogP contribution in [0.5, 0.6) is 5.75 Å². The highest BCUT2D eigenvalue weighted by Gasteiger charge is 2.23. The first kappa shape index (κ1) is 11.1. The van der Waals surface area contributed by atoms with Crippen LogP contribution in [0.3, 0.4) is 0 Å². The Morgan fingerprint density at radius 2 is 2.38 bits per heavy atom. The lowest BCUT2D eigenvalue weighted by molar-refractivity contribution is -0.122. The number of carbonyl (C=O) groups is 1. The molecule has 1 aliphatic heterocycles. The molecule has 2 rings (SSSR count). The normalized spacial score (nSPS) is 18.4. The number of hydrogen-bond donors (Lipinski definition) is 2. The molecule has 1 aliphatic rings. The van der Waals surface area contributed by atoms with Gasteiger partial charge in [0.25, 0.3) is 5.91 Å². The van der Waals surface area contributed by atoms with Crippen molar-refractivity contribution in [3.05, 3.63) is 18.2 Å². The third kappa shape index (κ3) is 2.22. The van der Waals surface area contributed by atoms with E-state index in [1.165, 1.54) is 0 Å². The summed E-state index contributed by atoms with van der Waals surface area (Å²) in [4.78, 5) is 11.4. The van der Waals surface area contributed by atoms with Crippen LogP contribution in [-0.4, -0.2) is 24.4 Å². The Kier molecular flexibility index (Phi) is 3.19. The van der Waals surface area contributed by atoms with E-state index in [-0.39, 0.29) is 5.91 Å². The fraction of sp³-hybridized carbons (Fsp3) is 0.364. The number of fused-ring (bicyclic) bond motifs is 1. The summed E-state index contributed by atoms with van der Waals surface area (Å²) >= 11 is 5.58. The monoisotopic (exact) mass is 240 g/mol. The van der Waals surface area contributed by atoms with Crippen molar-refractivity contribution in [1.82, 2.24) is 0 Å². The maximum atomic E-state index is 11.4. The molecule has 0 saturated carbocycles. The van der Waals surface area contributed by atoms with E-state index in [2.05, 4.69) is 10.6 Å². The molecule has 0 saturated heterocycles. The van der Waals surface area contributed by atoms with E-state index in [4.69, 9.17) is 16.3 Å². The number of amides is 1. The van der Waals surface area contributed by atoms with E-state index in [9.17, 15) is 4.79 Å². The lowest BCUT2D eigenvalue weighted by Gasteiger charge is -2.23. The molecule has 0 aromatic heterocycles. The Bertz CT molecular complexity index is 409. The number of alkyl halides is 1. The van der Waals surface area contributed by atoms with Crippen LogP contribution in [0.2, 0.25) is 0 Å². The molecule has 4 nitrogen and oxygen atoms in total. The summed E-state index contributed by atoms with van der Waals surface area (Å²) in [5.41, 5.74) is 1.61. The quantitative estimate of drug-likeness (QED) is 0.796. The third-order valence-corrected chi connectivity index (χ3v) is 2.52. The van der Waals surface area contributed by atoms with Crippen molar-refractivity contribution in [2.75, 3.05) is 23.1 Å². The van der Waals surface area contributed by atoms with Crippen molar-refractivity contribution in [2.24, 2.45) is 0 Å². The highest BCUT2D eigenvalue weighted by Crippen LogP contribution is 2.31. The Morgan fingerprint density at radius 1 is 1.56 bits per heavy atom. The van der Waals surface area contributed by atoms with Crippen LogP contribution in [0.4, 0.5) is 11.4 Å². The number of anilines is 2. The van der Waals surface area contributed by atoms with Crippen molar-refractivity contribution < 1.29 is 9.53 Å². The van der Waals surface area contributed by atoms with Gasteiger partial charge in [0, 0.05) is 18.1 Å². The Hall–Kier alpha value is -1.42. The van der Waals surface area contributed by atoms with Gasteiger partial charge in [-0.05, 0) is 25.1 Å². The number of ether oxygens (including phenoxy) is 1. The van der Waals surface area contributed by atoms with Gasteiger partial charge in [0.05, 0.1) is 5.69 Å². The Morgan fingerprint density at radius 3 is 3.12 bits per heavy atom. The van der Waals surface area contributed by atoms with Crippen molar-refractivity contribution in [3.63, 3.8) is 0 Å². The molecule has 1 aromatic carbocycles. The minimum atomic E-state index is -0.436. The van der Waals surface area contributed by atoms with Gasteiger partial charge in [-0.15, -0.1) is 11.6 Å². The fourth-order valence-electron chi connectivity index (χ4n) is 1.51. The third-order valence-electron chi connectivity index (χ3n) is 2.33. The number of benzene rings is 1. The second-order valence-electron chi connectivity index (χ2n) is 3.58. The van der Waals surface area contributed by atoms with Crippen LogP contribution < -0.4 is 15.4 Å². The van der Waals surface area contributed by atoms with Gasteiger partial charge in [0.1, 0.15) is 5.75 Å². The molecule has 1 amide bonds. The SMILES string of the molecule is CC1Oc2ccc(NCCCl)cc2NC1=O. The smallest absolute Gasteiger partial charge is 0.265 e. The maximum Gasteiger partial charge on any atom is 0.265 e. The maximum absolute atomic E-state index is 11.4. The predicted molar refractivity (Wildman–Crippen MR) is 64.4 cm³/mol. The molecule has 0 spiro atoms.